The molecule has 2 aromatic carbocycles. The molecule has 3 aromatic rings. The van der Waals surface area contributed by atoms with E-state index in [9.17, 15) is 14.7 Å². The first kappa shape index (κ1) is 24.5. The van der Waals surface area contributed by atoms with Crippen molar-refractivity contribution in [3.8, 4) is 11.1 Å². The van der Waals surface area contributed by atoms with Crippen LogP contribution in [0.4, 0.5) is 5.69 Å². The molecule has 36 heavy (non-hydrogen) atoms. The Kier molecular flexibility index (Phi) is 6.85. The molecular weight excluding hydrogens is 472 g/mol. The number of nitrogens with zero attached hydrogens (tertiary/aromatic N) is 1. The Balaban J connectivity index is 1.39. The number of benzene rings is 2. The topological polar surface area (TPSA) is 79.3 Å². The van der Waals surface area contributed by atoms with E-state index >= 15 is 0 Å². The van der Waals surface area contributed by atoms with Crippen LogP contribution in [-0.2, 0) is 9.59 Å². The number of rotatable bonds is 7. The SMILES string of the molecule is Cc1ncc(-c2ccc(C(C(=O)Nc3cccc(C4CC4C(=O)O)c3C)C3CCCC3)cc2)cc1Cl. The van der Waals surface area contributed by atoms with Gasteiger partial charge in [0.15, 0.2) is 0 Å². The van der Waals surface area contributed by atoms with Crippen molar-refractivity contribution in [2.24, 2.45) is 11.8 Å². The first-order valence-corrected chi connectivity index (χ1v) is 13.1. The number of hydrogen-bond donors (Lipinski definition) is 2. The van der Waals surface area contributed by atoms with Gasteiger partial charge < -0.3 is 10.4 Å². The third kappa shape index (κ3) is 4.90. The average Bonchev–Trinajstić information content (AvgIpc) is 3.49. The maximum absolute atomic E-state index is 13.7. The van der Waals surface area contributed by atoms with Crippen LogP contribution < -0.4 is 5.32 Å². The van der Waals surface area contributed by atoms with Crippen molar-refractivity contribution in [2.45, 2.75) is 57.8 Å². The highest BCUT2D eigenvalue weighted by Gasteiger charge is 2.45. The third-order valence-electron chi connectivity index (χ3n) is 7.92. The molecule has 1 aromatic heterocycles. The first-order chi connectivity index (χ1) is 17.3. The fourth-order valence-electron chi connectivity index (χ4n) is 5.69. The minimum Gasteiger partial charge on any atom is -0.481 e. The molecule has 2 saturated carbocycles. The van der Waals surface area contributed by atoms with Gasteiger partial charge in [0.25, 0.3) is 0 Å². The van der Waals surface area contributed by atoms with E-state index in [1.54, 1.807) is 0 Å². The Bertz CT molecular complexity index is 1300. The molecule has 0 spiro atoms. The highest BCUT2D eigenvalue weighted by atomic mass is 35.5. The maximum Gasteiger partial charge on any atom is 0.307 e. The number of aromatic nitrogens is 1. The molecule has 0 bridgehead atoms. The Hall–Kier alpha value is -3.18. The van der Waals surface area contributed by atoms with E-state index in [1.165, 1.54) is 0 Å². The van der Waals surface area contributed by atoms with Crippen molar-refractivity contribution >= 4 is 29.2 Å². The molecule has 0 saturated heterocycles. The van der Waals surface area contributed by atoms with Crippen LogP contribution in [0.5, 0.6) is 0 Å². The van der Waals surface area contributed by atoms with Gasteiger partial charge in [-0.15, -0.1) is 0 Å². The second kappa shape index (κ2) is 10.1. The van der Waals surface area contributed by atoms with Gasteiger partial charge in [0.1, 0.15) is 0 Å². The Labute approximate surface area is 216 Å². The Morgan fingerprint density at radius 3 is 2.42 bits per heavy atom. The highest BCUT2D eigenvalue weighted by Crippen LogP contribution is 2.49. The molecule has 186 valence electrons. The van der Waals surface area contributed by atoms with Crippen LogP contribution in [0.25, 0.3) is 11.1 Å². The molecule has 2 aliphatic rings. The molecule has 1 amide bonds. The van der Waals surface area contributed by atoms with Crippen LogP contribution in [0.15, 0.2) is 54.7 Å². The molecule has 0 aliphatic heterocycles. The monoisotopic (exact) mass is 502 g/mol. The average molecular weight is 503 g/mol. The predicted molar refractivity (Wildman–Crippen MR) is 142 cm³/mol. The molecule has 6 heteroatoms. The number of halogens is 1. The number of hydrogen-bond acceptors (Lipinski definition) is 3. The van der Waals surface area contributed by atoms with Crippen LogP contribution in [-0.4, -0.2) is 22.0 Å². The standard InChI is InChI=1S/C30H31ClN2O3/c1-17-23(24-15-25(24)30(35)36)8-5-9-27(17)33-29(34)28(20-6-3-4-7-20)21-12-10-19(11-13-21)22-14-26(31)18(2)32-16-22/h5,8-14,16,20,24-25,28H,3-4,6-7,15H2,1-2H3,(H,33,34)(H,35,36). The van der Waals surface area contributed by atoms with Gasteiger partial charge in [0.2, 0.25) is 5.91 Å². The smallest absolute Gasteiger partial charge is 0.307 e. The van der Waals surface area contributed by atoms with Crippen molar-refractivity contribution in [3.63, 3.8) is 0 Å². The molecule has 5 rings (SSSR count). The van der Waals surface area contributed by atoms with Crippen molar-refractivity contribution in [1.29, 1.82) is 0 Å². The van der Waals surface area contributed by atoms with Gasteiger partial charge in [-0.1, -0.05) is 60.8 Å². The lowest BCUT2D eigenvalue weighted by atomic mass is 9.83. The third-order valence-corrected chi connectivity index (χ3v) is 8.31. The molecular formula is C30H31ClN2O3. The van der Waals surface area contributed by atoms with E-state index in [1.807, 2.05) is 56.4 Å². The van der Waals surface area contributed by atoms with Gasteiger partial charge in [0, 0.05) is 17.4 Å². The molecule has 0 radical (unpaired) electrons. The van der Waals surface area contributed by atoms with Gasteiger partial charge in [-0.05, 0) is 79.3 Å². The van der Waals surface area contributed by atoms with Crippen LogP contribution in [0, 0.1) is 25.7 Å². The summed E-state index contributed by atoms with van der Waals surface area (Å²) in [5.74, 6) is -0.977. The van der Waals surface area contributed by atoms with E-state index in [-0.39, 0.29) is 23.7 Å². The quantitative estimate of drug-likeness (QED) is 0.360. The van der Waals surface area contributed by atoms with E-state index in [0.717, 1.165) is 64.9 Å². The summed E-state index contributed by atoms with van der Waals surface area (Å²) in [6.07, 6.45) is 6.85. The van der Waals surface area contributed by atoms with E-state index in [2.05, 4.69) is 22.4 Å². The second-order valence-electron chi connectivity index (χ2n) is 10.2. The predicted octanol–water partition coefficient (Wildman–Crippen LogP) is 7.12. The summed E-state index contributed by atoms with van der Waals surface area (Å²) < 4.78 is 0. The second-order valence-corrected chi connectivity index (χ2v) is 10.6. The van der Waals surface area contributed by atoms with Crippen LogP contribution >= 0.6 is 11.6 Å². The largest absolute Gasteiger partial charge is 0.481 e. The molecule has 2 aliphatic carbocycles. The highest BCUT2D eigenvalue weighted by molar-refractivity contribution is 6.31. The van der Waals surface area contributed by atoms with Crippen LogP contribution in [0.2, 0.25) is 5.02 Å². The fraction of sp³-hybridized carbons (Fsp3) is 0.367. The molecule has 2 fully saturated rings. The molecule has 2 N–H and O–H groups in total. The van der Waals surface area contributed by atoms with Gasteiger partial charge >= 0.3 is 5.97 Å². The van der Waals surface area contributed by atoms with E-state index in [4.69, 9.17) is 11.6 Å². The molecule has 3 unspecified atom stereocenters. The summed E-state index contributed by atoms with van der Waals surface area (Å²) in [5, 5.41) is 13.2. The summed E-state index contributed by atoms with van der Waals surface area (Å²) in [4.78, 5) is 29.5. The number of nitrogens with one attached hydrogen (secondary N) is 1. The summed E-state index contributed by atoms with van der Waals surface area (Å²) in [6.45, 7) is 3.86. The summed E-state index contributed by atoms with van der Waals surface area (Å²) in [7, 11) is 0. The van der Waals surface area contributed by atoms with Gasteiger partial charge in [-0.3, -0.25) is 14.6 Å². The zero-order valence-electron chi connectivity index (χ0n) is 20.6. The van der Waals surface area contributed by atoms with Gasteiger partial charge in [0.05, 0.1) is 22.6 Å². The number of amides is 1. The summed E-state index contributed by atoms with van der Waals surface area (Å²) in [5.41, 5.74) is 6.53. The number of carbonyl (C=O) groups is 2. The minimum atomic E-state index is -0.748. The Morgan fingerprint density at radius 2 is 1.78 bits per heavy atom. The maximum atomic E-state index is 13.7. The normalized spacial score (nSPS) is 20.2. The van der Waals surface area contributed by atoms with Crippen molar-refractivity contribution in [2.75, 3.05) is 5.32 Å². The number of carboxylic acids is 1. The van der Waals surface area contributed by atoms with Gasteiger partial charge in [-0.25, -0.2) is 0 Å². The lowest BCUT2D eigenvalue weighted by Gasteiger charge is -2.24. The number of aryl methyl sites for hydroxylation is 1. The number of carbonyl (C=O) groups excluding carboxylic acids is 1. The van der Waals surface area contributed by atoms with Gasteiger partial charge in [-0.2, -0.15) is 0 Å². The lowest BCUT2D eigenvalue weighted by Crippen LogP contribution is -2.27. The number of aliphatic carboxylic acids is 1. The zero-order valence-corrected chi connectivity index (χ0v) is 21.4. The van der Waals surface area contributed by atoms with Crippen molar-refractivity contribution < 1.29 is 14.7 Å². The lowest BCUT2D eigenvalue weighted by molar-refractivity contribution is -0.138. The number of anilines is 1. The molecule has 1 heterocycles. The number of carboxylic acid groups (broad SMARTS) is 1. The fourth-order valence-corrected chi connectivity index (χ4v) is 5.85. The molecule has 3 atom stereocenters. The first-order valence-electron chi connectivity index (χ1n) is 12.7. The summed E-state index contributed by atoms with van der Waals surface area (Å²) in [6, 6.07) is 15.9. The minimum absolute atomic E-state index is 0.000489. The van der Waals surface area contributed by atoms with E-state index in [0.29, 0.717) is 17.4 Å². The van der Waals surface area contributed by atoms with Crippen molar-refractivity contribution in [1.82, 2.24) is 4.98 Å². The number of pyridine rings is 1. The van der Waals surface area contributed by atoms with E-state index < -0.39 is 5.97 Å². The summed E-state index contributed by atoms with van der Waals surface area (Å²) >= 11 is 6.28. The van der Waals surface area contributed by atoms with Crippen molar-refractivity contribution in [3.05, 3.63) is 82.1 Å². The molecule has 5 nitrogen and oxygen atoms in total. The Morgan fingerprint density at radius 1 is 1.06 bits per heavy atom. The van der Waals surface area contributed by atoms with Crippen LogP contribution in [0.1, 0.15) is 66.3 Å². The van der Waals surface area contributed by atoms with Crippen LogP contribution in [0.3, 0.4) is 0 Å². The zero-order chi connectivity index (χ0) is 25.4.